The second-order valence-corrected chi connectivity index (χ2v) is 3.83. The van der Waals surface area contributed by atoms with Gasteiger partial charge in [-0.2, -0.15) is 0 Å². The van der Waals surface area contributed by atoms with Gasteiger partial charge >= 0.3 is 0 Å². The van der Waals surface area contributed by atoms with Gasteiger partial charge < -0.3 is 5.11 Å². The van der Waals surface area contributed by atoms with Gasteiger partial charge in [-0.3, -0.25) is 4.99 Å². The summed E-state index contributed by atoms with van der Waals surface area (Å²) in [5.74, 6) is 0. The molecule has 3 heteroatoms. The maximum Gasteiger partial charge on any atom is 0.0991 e. The smallest absolute Gasteiger partial charge is 0.0991 e. The normalized spacial score (nSPS) is 16.7. The molecule has 0 aliphatic heterocycles. The van der Waals surface area contributed by atoms with E-state index < -0.39 is 5.60 Å². The van der Waals surface area contributed by atoms with Crippen molar-refractivity contribution in [3.63, 3.8) is 0 Å². The Balaban J connectivity index is 0. The Kier molecular flexibility index (Phi) is 9.08. The van der Waals surface area contributed by atoms with Gasteiger partial charge in [-0.1, -0.05) is 13.3 Å². The van der Waals surface area contributed by atoms with Crippen molar-refractivity contribution in [1.29, 1.82) is 0 Å². The molecule has 0 spiro atoms. The Morgan fingerprint density at radius 2 is 1.92 bits per heavy atom. The molecule has 0 aliphatic rings. The van der Waals surface area contributed by atoms with Gasteiger partial charge in [0.25, 0.3) is 0 Å². The zero-order valence-electron chi connectivity index (χ0n) is 9.20. The topological polar surface area (TPSA) is 32.6 Å². The summed E-state index contributed by atoms with van der Waals surface area (Å²) in [6, 6.07) is 0.272. The van der Waals surface area contributed by atoms with Crippen LogP contribution in [-0.4, -0.2) is 22.5 Å². The Hall–Kier alpha value is 0.903. The molecule has 0 bridgehead atoms. The van der Waals surface area contributed by atoms with Crippen LogP contribution >= 0.6 is 0 Å². The summed E-state index contributed by atoms with van der Waals surface area (Å²) in [7, 11) is 0. The van der Waals surface area contributed by atoms with Gasteiger partial charge in [-0.15, -0.1) is 0 Å². The van der Waals surface area contributed by atoms with E-state index in [0.29, 0.717) is 0 Å². The molecule has 82 valence electrons. The molecule has 2 nitrogen and oxygen atoms in total. The molecule has 0 aromatic heterocycles. The van der Waals surface area contributed by atoms with E-state index in [9.17, 15) is 5.11 Å². The predicted molar refractivity (Wildman–Crippen MR) is 53.8 cm³/mol. The number of aliphatic hydroxyl groups is 1. The molecule has 0 radical (unpaired) electrons. The first-order valence-corrected chi connectivity index (χ1v) is 4.67. The van der Waals surface area contributed by atoms with E-state index in [1.54, 1.807) is 0 Å². The summed E-state index contributed by atoms with van der Waals surface area (Å²) < 4.78 is 0. The Labute approximate surface area is 112 Å². The maximum absolute atomic E-state index is 9.90. The SMILES string of the molecule is CCCC(C)(O)C(C)=NC(C)C.[Dy]. The van der Waals surface area contributed by atoms with Gasteiger partial charge in [-0.05, 0) is 34.1 Å². The summed E-state index contributed by atoms with van der Waals surface area (Å²) in [6.45, 7) is 9.83. The van der Waals surface area contributed by atoms with E-state index in [1.165, 1.54) is 0 Å². The second kappa shape index (κ2) is 7.23. The van der Waals surface area contributed by atoms with Crippen LogP contribution in [0, 0.1) is 38.2 Å². The first-order valence-electron chi connectivity index (χ1n) is 4.67. The fourth-order valence-corrected chi connectivity index (χ4v) is 1.19. The summed E-state index contributed by atoms with van der Waals surface area (Å²) in [5, 5.41) is 9.90. The number of hydrogen-bond acceptors (Lipinski definition) is 2. The molecule has 0 amide bonds. The minimum atomic E-state index is -0.709. The maximum atomic E-state index is 9.90. The summed E-state index contributed by atoms with van der Waals surface area (Å²) in [5.41, 5.74) is 0.137. The van der Waals surface area contributed by atoms with E-state index in [-0.39, 0.29) is 44.2 Å². The monoisotopic (exact) mass is 335 g/mol. The van der Waals surface area contributed by atoms with Gasteiger partial charge in [0.1, 0.15) is 0 Å². The minimum Gasteiger partial charge on any atom is -0.384 e. The van der Waals surface area contributed by atoms with Gasteiger partial charge in [-0.25, -0.2) is 0 Å². The molecule has 1 N–H and O–H groups in total. The van der Waals surface area contributed by atoms with Crippen LogP contribution < -0.4 is 0 Å². The van der Waals surface area contributed by atoms with Crippen LogP contribution in [0.3, 0.4) is 0 Å². The van der Waals surface area contributed by atoms with Crippen molar-refractivity contribution >= 4 is 5.71 Å². The minimum absolute atomic E-state index is 0. The number of rotatable bonds is 4. The van der Waals surface area contributed by atoms with Crippen molar-refractivity contribution in [3.8, 4) is 0 Å². The van der Waals surface area contributed by atoms with Gasteiger partial charge in [0.2, 0.25) is 0 Å². The quantitative estimate of drug-likeness (QED) is 0.787. The van der Waals surface area contributed by atoms with Crippen molar-refractivity contribution in [2.24, 2.45) is 4.99 Å². The molecule has 0 aromatic carbocycles. The van der Waals surface area contributed by atoms with E-state index in [0.717, 1.165) is 18.6 Å². The molecule has 0 aliphatic carbocycles. The van der Waals surface area contributed by atoms with Gasteiger partial charge in [0.15, 0.2) is 0 Å². The van der Waals surface area contributed by atoms with E-state index in [2.05, 4.69) is 11.9 Å². The summed E-state index contributed by atoms with van der Waals surface area (Å²) >= 11 is 0. The molecule has 0 rings (SSSR count). The third kappa shape index (κ3) is 6.91. The summed E-state index contributed by atoms with van der Waals surface area (Å²) in [6.07, 6.45) is 1.77. The number of hydrogen-bond donors (Lipinski definition) is 1. The number of aliphatic imine (C=N–C) groups is 1. The molecule has 1 unspecified atom stereocenters. The Morgan fingerprint density at radius 1 is 1.46 bits per heavy atom. The van der Waals surface area contributed by atoms with Crippen LogP contribution in [0.1, 0.15) is 47.5 Å². The molecule has 0 saturated heterocycles. The molecule has 1 atom stereocenters. The fourth-order valence-electron chi connectivity index (χ4n) is 1.19. The predicted octanol–water partition coefficient (Wildman–Crippen LogP) is 2.41. The first kappa shape index (κ1) is 16.3. The first-order chi connectivity index (χ1) is 5.40. The average molecular weight is 334 g/mol. The van der Waals surface area contributed by atoms with Crippen molar-refractivity contribution in [2.75, 3.05) is 0 Å². The largest absolute Gasteiger partial charge is 0.384 e. The second-order valence-electron chi connectivity index (χ2n) is 3.83. The third-order valence-electron chi connectivity index (χ3n) is 1.97. The van der Waals surface area contributed by atoms with Crippen molar-refractivity contribution in [1.82, 2.24) is 0 Å². The van der Waals surface area contributed by atoms with Crippen LogP contribution in [0.25, 0.3) is 0 Å². The van der Waals surface area contributed by atoms with Crippen LogP contribution in [0.2, 0.25) is 0 Å². The zero-order chi connectivity index (χ0) is 9.78. The van der Waals surface area contributed by atoms with Gasteiger partial charge in [0, 0.05) is 49.9 Å². The van der Waals surface area contributed by atoms with Crippen molar-refractivity contribution in [2.45, 2.75) is 59.1 Å². The molecule has 13 heavy (non-hydrogen) atoms. The third-order valence-corrected chi connectivity index (χ3v) is 1.97. The van der Waals surface area contributed by atoms with Crippen molar-refractivity contribution < 1.29 is 43.3 Å². The standard InChI is InChI=1S/C10H21NO.Dy/c1-6-7-10(5,12)9(4)11-8(2)3;/h8,12H,6-7H2,1-5H3;. The summed E-state index contributed by atoms with van der Waals surface area (Å²) in [4.78, 5) is 4.33. The number of nitrogens with zero attached hydrogens (tertiary/aromatic N) is 1. The molecule has 0 saturated carbocycles. The van der Waals surface area contributed by atoms with Gasteiger partial charge in [0.05, 0.1) is 5.60 Å². The van der Waals surface area contributed by atoms with E-state index in [4.69, 9.17) is 0 Å². The van der Waals surface area contributed by atoms with Crippen LogP contribution in [-0.2, 0) is 0 Å². The molecular weight excluding hydrogens is 313 g/mol. The van der Waals surface area contributed by atoms with Crippen molar-refractivity contribution in [3.05, 3.63) is 0 Å². The van der Waals surface area contributed by atoms with E-state index >= 15 is 0 Å². The average Bonchev–Trinajstić information content (AvgIpc) is 1.85. The van der Waals surface area contributed by atoms with Crippen LogP contribution in [0.4, 0.5) is 0 Å². The van der Waals surface area contributed by atoms with Crippen LogP contribution in [0.15, 0.2) is 4.99 Å². The molecular formula is C10H21DyNO. The Bertz CT molecular complexity index is 164. The molecule has 0 fully saturated rings. The van der Waals surface area contributed by atoms with Crippen LogP contribution in [0.5, 0.6) is 0 Å². The zero-order valence-corrected chi connectivity index (χ0v) is 11.2. The molecule has 0 heterocycles. The van der Waals surface area contributed by atoms with E-state index in [1.807, 2.05) is 27.7 Å². The molecule has 0 aromatic rings. The Morgan fingerprint density at radius 3 is 2.23 bits per heavy atom. The fraction of sp³-hybridized carbons (Fsp3) is 0.900.